The van der Waals surface area contributed by atoms with Gasteiger partial charge in [-0.05, 0) is 17.7 Å². The highest BCUT2D eigenvalue weighted by molar-refractivity contribution is 6.42. The van der Waals surface area contributed by atoms with Crippen molar-refractivity contribution in [2.24, 2.45) is 5.84 Å². The minimum atomic E-state index is -0.617. The zero-order valence-corrected chi connectivity index (χ0v) is 12.2. The number of nitrogen functional groups attached to an aromatic ring is 1. The van der Waals surface area contributed by atoms with Crippen LogP contribution in [0.4, 0.5) is 0 Å². The van der Waals surface area contributed by atoms with Crippen LogP contribution in [0.25, 0.3) is 0 Å². The van der Waals surface area contributed by atoms with E-state index in [-0.39, 0.29) is 18.8 Å². The molecule has 0 fully saturated rings. The summed E-state index contributed by atoms with van der Waals surface area (Å²) in [5, 5.41) is 4.81. The van der Waals surface area contributed by atoms with Gasteiger partial charge in [-0.3, -0.25) is 10.2 Å². The van der Waals surface area contributed by atoms with Crippen molar-refractivity contribution >= 4 is 29.1 Å². The molecule has 0 bridgehead atoms. The highest BCUT2D eigenvalue weighted by Gasteiger charge is 2.14. The van der Waals surface area contributed by atoms with Gasteiger partial charge in [-0.1, -0.05) is 29.3 Å². The third-order valence-electron chi connectivity index (χ3n) is 2.74. The molecule has 0 saturated carbocycles. The molecule has 1 heterocycles. The number of carbonyl (C=O) groups excluding carboxylic acids is 1. The predicted molar refractivity (Wildman–Crippen MR) is 78.2 cm³/mol. The summed E-state index contributed by atoms with van der Waals surface area (Å²) in [5.41, 5.74) is 2.07. The maximum atomic E-state index is 11.8. The number of nitrogens with one attached hydrogen (secondary N) is 1. The number of halogens is 2. The maximum Gasteiger partial charge on any atom is 0.365 e. The van der Waals surface area contributed by atoms with Gasteiger partial charge in [0.15, 0.2) is 5.82 Å². The van der Waals surface area contributed by atoms with Crippen LogP contribution < -0.4 is 22.8 Å². The lowest BCUT2D eigenvalue weighted by Gasteiger charge is -2.02. The molecule has 0 atom stereocenters. The molecule has 0 aliphatic heterocycles. The van der Waals surface area contributed by atoms with Crippen molar-refractivity contribution in [2.45, 2.75) is 13.0 Å². The second-order valence-corrected chi connectivity index (χ2v) is 5.03. The van der Waals surface area contributed by atoms with Crippen molar-refractivity contribution in [3.63, 3.8) is 0 Å². The zero-order chi connectivity index (χ0) is 15.6. The Balaban J connectivity index is 2.28. The molecule has 0 spiro atoms. The quantitative estimate of drug-likeness (QED) is 0.402. The van der Waals surface area contributed by atoms with Crippen LogP contribution in [-0.2, 0) is 17.8 Å². The van der Waals surface area contributed by atoms with Crippen molar-refractivity contribution < 1.29 is 4.79 Å². The summed E-state index contributed by atoms with van der Waals surface area (Å²) in [6.45, 7) is -0.312. The lowest BCUT2D eigenvalue weighted by Crippen LogP contribution is -2.38. The van der Waals surface area contributed by atoms with Gasteiger partial charge < -0.3 is 5.84 Å². The van der Waals surface area contributed by atoms with Crippen molar-refractivity contribution in [3.8, 4) is 0 Å². The number of aromatic nitrogens is 3. The molecule has 112 valence electrons. The van der Waals surface area contributed by atoms with E-state index in [0.29, 0.717) is 10.0 Å². The average molecular weight is 331 g/mol. The fraction of sp³-hybridized carbons (Fsp3) is 0.182. The van der Waals surface area contributed by atoms with E-state index in [4.69, 9.17) is 34.9 Å². The van der Waals surface area contributed by atoms with E-state index in [9.17, 15) is 9.59 Å². The van der Waals surface area contributed by atoms with Gasteiger partial charge in [-0.15, -0.1) is 0 Å². The Labute approximate surface area is 129 Å². The Morgan fingerprint density at radius 1 is 1.33 bits per heavy atom. The standard InChI is InChI=1S/C11H12Cl2N6O2/c12-7-2-1-6(3-8(7)13)4-9-17-18(5-10(20)16-14)11(21)19(9)15/h1-3H,4-5,14-15H2,(H,16,20). The van der Waals surface area contributed by atoms with Crippen LogP contribution in [0.3, 0.4) is 0 Å². The number of hydrogen-bond donors (Lipinski definition) is 3. The Kier molecular flexibility index (Phi) is 4.51. The largest absolute Gasteiger partial charge is 0.365 e. The number of carbonyl (C=O) groups is 1. The molecule has 0 saturated heterocycles. The van der Waals surface area contributed by atoms with Crippen LogP contribution in [0.2, 0.25) is 10.0 Å². The lowest BCUT2D eigenvalue weighted by molar-refractivity contribution is -0.121. The molecular weight excluding hydrogens is 319 g/mol. The second kappa shape index (κ2) is 6.17. The highest BCUT2D eigenvalue weighted by Crippen LogP contribution is 2.23. The molecule has 1 amide bonds. The van der Waals surface area contributed by atoms with E-state index in [1.54, 1.807) is 18.2 Å². The number of nitrogens with two attached hydrogens (primary N) is 2. The molecule has 8 nitrogen and oxygen atoms in total. The zero-order valence-electron chi connectivity index (χ0n) is 10.7. The summed E-state index contributed by atoms with van der Waals surface area (Å²) in [7, 11) is 0. The van der Waals surface area contributed by atoms with Gasteiger partial charge in [0.2, 0.25) is 0 Å². The molecule has 1 aromatic carbocycles. The average Bonchev–Trinajstić information content (AvgIpc) is 2.71. The number of benzene rings is 1. The summed E-state index contributed by atoms with van der Waals surface area (Å²) in [5.74, 6) is 10.3. The van der Waals surface area contributed by atoms with Crippen molar-refractivity contribution in [2.75, 3.05) is 5.84 Å². The maximum absolute atomic E-state index is 11.8. The van der Waals surface area contributed by atoms with Gasteiger partial charge in [0, 0.05) is 6.42 Å². The Hall–Kier alpha value is -2.03. The van der Waals surface area contributed by atoms with Gasteiger partial charge in [-0.25, -0.2) is 15.3 Å². The van der Waals surface area contributed by atoms with E-state index >= 15 is 0 Å². The van der Waals surface area contributed by atoms with Gasteiger partial charge in [0.1, 0.15) is 6.54 Å². The molecule has 0 aliphatic rings. The van der Waals surface area contributed by atoms with Crippen LogP contribution in [0.15, 0.2) is 23.0 Å². The Morgan fingerprint density at radius 3 is 2.67 bits per heavy atom. The molecule has 0 aliphatic carbocycles. The number of rotatable bonds is 4. The summed E-state index contributed by atoms with van der Waals surface area (Å²) in [6.07, 6.45) is 0.264. The molecule has 0 unspecified atom stereocenters. The predicted octanol–water partition coefficient (Wildman–Crippen LogP) is -0.354. The summed E-state index contributed by atoms with van der Waals surface area (Å²) < 4.78 is 1.79. The fourth-order valence-electron chi connectivity index (χ4n) is 1.70. The molecule has 2 aromatic rings. The van der Waals surface area contributed by atoms with E-state index in [1.165, 1.54) is 0 Å². The van der Waals surface area contributed by atoms with E-state index < -0.39 is 11.6 Å². The fourth-order valence-corrected chi connectivity index (χ4v) is 2.02. The first kappa shape index (κ1) is 15.4. The lowest BCUT2D eigenvalue weighted by atomic mass is 10.1. The minimum absolute atomic E-state index is 0.264. The van der Waals surface area contributed by atoms with Gasteiger partial charge >= 0.3 is 5.69 Å². The number of hydrazine groups is 1. The first-order valence-corrected chi connectivity index (χ1v) is 6.55. The van der Waals surface area contributed by atoms with Crippen molar-refractivity contribution in [3.05, 3.63) is 50.1 Å². The molecule has 21 heavy (non-hydrogen) atoms. The van der Waals surface area contributed by atoms with Crippen molar-refractivity contribution in [1.29, 1.82) is 0 Å². The number of hydrogen-bond acceptors (Lipinski definition) is 5. The Morgan fingerprint density at radius 2 is 2.05 bits per heavy atom. The topological polar surface area (TPSA) is 121 Å². The first-order valence-electron chi connectivity index (χ1n) is 5.79. The van der Waals surface area contributed by atoms with Crippen LogP contribution >= 0.6 is 23.2 Å². The van der Waals surface area contributed by atoms with Gasteiger partial charge in [0.05, 0.1) is 10.0 Å². The molecular formula is C11H12Cl2N6O2. The number of nitrogens with zero attached hydrogens (tertiary/aromatic N) is 3. The SMILES string of the molecule is NNC(=O)Cn1nc(Cc2ccc(Cl)c(Cl)c2)n(N)c1=O. The van der Waals surface area contributed by atoms with Gasteiger partial charge in [0.25, 0.3) is 5.91 Å². The molecule has 10 heteroatoms. The summed E-state index contributed by atoms with van der Waals surface area (Å²) in [6, 6.07) is 5.03. The highest BCUT2D eigenvalue weighted by atomic mass is 35.5. The number of amides is 1. The molecule has 1 aromatic heterocycles. The second-order valence-electron chi connectivity index (χ2n) is 4.22. The van der Waals surface area contributed by atoms with E-state index in [1.807, 2.05) is 5.43 Å². The Bertz CT molecular complexity index is 739. The van der Waals surface area contributed by atoms with Crippen LogP contribution in [-0.4, -0.2) is 20.4 Å². The van der Waals surface area contributed by atoms with Crippen LogP contribution in [0.1, 0.15) is 11.4 Å². The molecule has 0 radical (unpaired) electrons. The van der Waals surface area contributed by atoms with E-state index in [2.05, 4.69) is 5.10 Å². The molecule has 2 rings (SSSR count). The summed E-state index contributed by atoms with van der Waals surface area (Å²) in [4.78, 5) is 23.0. The normalized spacial score (nSPS) is 10.6. The first-order chi connectivity index (χ1) is 9.92. The van der Waals surface area contributed by atoms with Gasteiger partial charge in [-0.2, -0.15) is 9.77 Å². The minimum Gasteiger partial charge on any atom is -0.333 e. The third-order valence-corrected chi connectivity index (χ3v) is 3.48. The third kappa shape index (κ3) is 3.35. The molecule has 5 N–H and O–H groups in total. The van der Waals surface area contributed by atoms with E-state index in [0.717, 1.165) is 14.9 Å². The van der Waals surface area contributed by atoms with Crippen LogP contribution in [0, 0.1) is 0 Å². The summed E-state index contributed by atoms with van der Waals surface area (Å²) >= 11 is 11.7. The van der Waals surface area contributed by atoms with Crippen molar-refractivity contribution in [1.82, 2.24) is 19.9 Å². The van der Waals surface area contributed by atoms with Crippen LogP contribution in [0.5, 0.6) is 0 Å². The monoisotopic (exact) mass is 330 g/mol. The smallest absolute Gasteiger partial charge is 0.333 e.